The van der Waals surface area contributed by atoms with Gasteiger partial charge in [-0.25, -0.2) is 10.0 Å². The Labute approximate surface area is 191 Å². The number of carbonyl (C=O) groups is 2. The summed E-state index contributed by atoms with van der Waals surface area (Å²) in [6, 6.07) is 9.35. The van der Waals surface area contributed by atoms with Gasteiger partial charge in [-0.3, -0.25) is 14.7 Å². The van der Waals surface area contributed by atoms with Crippen LogP contribution in [-0.2, 0) is 21.7 Å². The van der Waals surface area contributed by atoms with Gasteiger partial charge in [-0.05, 0) is 57.4 Å². The molecule has 0 radical (unpaired) electrons. The third-order valence-electron chi connectivity index (χ3n) is 7.40. The van der Waals surface area contributed by atoms with Gasteiger partial charge in [0.15, 0.2) is 5.82 Å². The Bertz CT molecular complexity index is 1020. The van der Waals surface area contributed by atoms with Crippen molar-refractivity contribution in [3.05, 3.63) is 47.2 Å². The lowest BCUT2D eigenvalue weighted by Crippen LogP contribution is -2.51. The predicted molar refractivity (Wildman–Crippen MR) is 129 cm³/mol. The number of anilines is 1. The van der Waals surface area contributed by atoms with Crippen LogP contribution in [0, 0.1) is 0 Å². The minimum absolute atomic E-state index is 0.0423. The first-order valence-corrected chi connectivity index (χ1v) is 13.9. The zero-order chi connectivity index (χ0) is 23.3. The number of aliphatic hydroxyl groups excluding tert-OH is 1. The summed E-state index contributed by atoms with van der Waals surface area (Å²) in [5.74, 6) is -0.211. The number of rotatable bonds is 6. The molecule has 8 heteroatoms. The molecule has 1 atom stereocenters. The molecule has 0 bridgehead atoms. The molecule has 1 saturated carbocycles. The minimum Gasteiger partial charge on any atom is -0.395 e. The Morgan fingerprint density at radius 2 is 1.88 bits per heavy atom. The van der Waals surface area contributed by atoms with Gasteiger partial charge in [0.25, 0.3) is 0 Å². The normalized spacial score (nSPS) is 20.2. The molecule has 0 spiro atoms. The number of benzene rings is 1. The van der Waals surface area contributed by atoms with Crippen LogP contribution >= 0.6 is 10.0 Å². The van der Waals surface area contributed by atoms with E-state index < -0.39 is 21.5 Å². The van der Waals surface area contributed by atoms with Gasteiger partial charge in [0, 0.05) is 5.56 Å². The molecule has 1 aliphatic carbocycles. The number of aromatic amines is 1. The molecule has 32 heavy (non-hydrogen) atoms. The highest BCUT2D eigenvalue weighted by Crippen LogP contribution is 2.60. The lowest BCUT2D eigenvalue weighted by Gasteiger charge is -2.53. The van der Waals surface area contributed by atoms with E-state index in [1.807, 2.05) is 44.2 Å². The Balaban J connectivity index is 1.59. The maximum Gasteiger partial charge on any atom is 0.240 e. The molecule has 1 aliphatic heterocycles. The van der Waals surface area contributed by atoms with E-state index in [9.17, 15) is 14.7 Å². The average Bonchev–Trinajstić information content (AvgIpc) is 3.19. The molecular formula is C24H34N4O3S. The summed E-state index contributed by atoms with van der Waals surface area (Å²) in [4.78, 5) is 28.6. The van der Waals surface area contributed by atoms with Gasteiger partial charge in [0.05, 0.1) is 35.0 Å². The summed E-state index contributed by atoms with van der Waals surface area (Å²) in [5, 5.41) is 20.6. The van der Waals surface area contributed by atoms with Crippen LogP contribution in [-0.4, -0.2) is 62.1 Å². The summed E-state index contributed by atoms with van der Waals surface area (Å²) >= 11 is 0. The Morgan fingerprint density at radius 1 is 1.22 bits per heavy atom. The van der Waals surface area contributed by atoms with E-state index in [1.165, 1.54) is 0 Å². The lowest BCUT2D eigenvalue weighted by atomic mass is 9.83. The summed E-state index contributed by atoms with van der Waals surface area (Å²) < 4.78 is -0.308. The maximum absolute atomic E-state index is 13.5. The molecule has 174 valence electrons. The predicted octanol–water partition coefficient (Wildman–Crippen LogP) is 3.32. The molecule has 1 unspecified atom stereocenters. The molecule has 2 amide bonds. The van der Waals surface area contributed by atoms with Crippen molar-refractivity contribution in [2.24, 2.45) is 0 Å². The van der Waals surface area contributed by atoms with Crippen LogP contribution in [0.2, 0.25) is 0 Å². The fraction of sp³-hybridized carbons (Fsp3) is 0.542. The zero-order valence-electron chi connectivity index (χ0n) is 19.6. The van der Waals surface area contributed by atoms with Crippen LogP contribution in [0.5, 0.6) is 0 Å². The van der Waals surface area contributed by atoms with E-state index in [4.69, 9.17) is 0 Å². The second kappa shape index (κ2) is 7.92. The van der Waals surface area contributed by atoms with Gasteiger partial charge in [0.1, 0.15) is 0 Å². The highest BCUT2D eigenvalue weighted by atomic mass is 32.3. The summed E-state index contributed by atoms with van der Waals surface area (Å²) in [6.07, 6.45) is 9.49. The first kappa shape index (κ1) is 22.9. The molecule has 2 aromatic rings. The molecule has 1 aromatic heterocycles. The number of fused-ring (bicyclic) bond motifs is 1. The molecule has 0 saturated heterocycles. The summed E-state index contributed by atoms with van der Waals surface area (Å²) in [6.45, 7) is 4.01. The van der Waals surface area contributed by atoms with Crippen LogP contribution in [0.1, 0.15) is 55.8 Å². The smallest absolute Gasteiger partial charge is 0.240 e. The largest absolute Gasteiger partial charge is 0.395 e. The molecule has 4 rings (SSSR count). The molecule has 1 fully saturated rings. The van der Waals surface area contributed by atoms with Gasteiger partial charge >= 0.3 is 0 Å². The van der Waals surface area contributed by atoms with E-state index in [0.29, 0.717) is 12.4 Å². The minimum atomic E-state index is -1.08. The topological polar surface area (TPSA) is 98.3 Å². The van der Waals surface area contributed by atoms with Crippen molar-refractivity contribution >= 4 is 27.7 Å². The average molecular weight is 459 g/mol. The van der Waals surface area contributed by atoms with Crippen LogP contribution in [0.3, 0.4) is 0 Å². The Hall–Kier alpha value is -2.32. The van der Waals surface area contributed by atoms with E-state index in [0.717, 1.165) is 36.1 Å². The van der Waals surface area contributed by atoms with Crippen molar-refractivity contribution in [1.29, 1.82) is 0 Å². The zero-order valence-corrected chi connectivity index (χ0v) is 20.4. The fourth-order valence-corrected chi connectivity index (χ4v) is 7.13. The van der Waals surface area contributed by atoms with Crippen molar-refractivity contribution in [2.45, 2.75) is 55.9 Å². The van der Waals surface area contributed by atoms with E-state index >= 15 is 0 Å². The summed E-state index contributed by atoms with van der Waals surface area (Å²) in [5.41, 5.74) is 1.84. The number of nitrogens with zero attached hydrogens (tertiary/aromatic N) is 2. The Kier molecular flexibility index (Phi) is 5.66. The SMILES string of the molecule is CC1(C)c2[nH]nc(NC(=O)C3(S(C)(C)C)CCC3)c2CN1C(=O)C(CO)c1ccccc1. The number of carbonyl (C=O) groups excluding carboxylic acids is 2. The van der Waals surface area contributed by atoms with Crippen LogP contribution in [0.15, 0.2) is 30.3 Å². The highest BCUT2D eigenvalue weighted by Gasteiger charge is 2.51. The monoisotopic (exact) mass is 458 g/mol. The van der Waals surface area contributed by atoms with E-state index in [1.54, 1.807) is 4.90 Å². The molecule has 2 heterocycles. The van der Waals surface area contributed by atoms with Gasteiger partial charge in [0.2, 0.25) is 11.8 Å². The molecular weight excluding hydrogens is 424 g/mol. The first-order chi connectivity index (χ1) is 15.0. The molecule has 3 N–H and O–H groups in total. The van der Waals surface area contributed by atoms with Gasteiger partial charge in [-0.2, -0.15) is 5.10 Å². The number of nitrogens with one attached hydrogen (secondary N) is 2. The second-order valence-corrected chi connectivity index (χ2v) is 14.6. The quantitative estimate of drug-likeness (QED) is 0.618. The Morgan fingerprint density at radius 3 is 2.41 bits per heavy atom. The van der Waals surface area contributed by atoms with Crippen molar-refractivity contribution < 1.29 is 14.7 Å². The van der Waals surface area contributed by atoms with Gasteiger partial charge in [-0.1, -0.05) is 30.3 Å². The number of H-pyrrole nitrogens is 1. The van der Waals surface area contributed by atoms with Crippen molar-refractivity contribution in [1.82, 2.24) is 15.1 Å². The third kappa shape index (κ3) is 3.44. The van der Waals surface area contributed by atoms with Gasteiger partial charge in [-0.15, -0.1) is 0 Å². The van der Waals surface area contributed by atoms with Crippen LogP contribution in [0.25, 0.3) is 0 Å². The van der Waals surface area contributed by atoms with Crippen LogP contribution < -0.4 is 5.32 Å². The van der Waals surface area contributed by atoms with E-state index in [2.05, 4.69) is 34.3 Å². The fourth-order valence-electron chi connectivity index (χ4n) is 5.01. The standard InChI is InChI=1S/C24H34N4O3S/c1-23(2)19-17(14-28(23)21(30)18(15-29)16-10-7-6-8-11-16)20(27-26-19)25-22(31)24(12-9-13-24)32(3,4)5/h6-8,10-11,18,29H,9,12-15H2,1-5H3,(H2,25,26,27,31). The number of hydrogen-bond acceptors (Lipinski definition) is 4. The number of aliphatic hydroxyl groups is 1. The van der Waals surface area contributed by atoms with Crippen molar-refractivity contribution in [3.8, 4) is 0 Å². The summed E-state index contributed by atoms with van der Waals surface area (Å²) in [7, 11) is -1.08. The molecule has 7 nitrogen and oxygen atoms in total. The van der Waals surface area contributed by atoms with Gasteiger partial charge < -0.3 is 15.3 Å². The first-order valence-electron chi connectivity index (χ1n) is 11.1. The lowest BCUT2D eigenvalue weighted by molar-refractivity contribution is -0.139. The third-order valence-corrected chi connectivity index (χ3v) is 10.3. The van der Waals surface area contributed by atoms with E-state index in [-0.39, 0.29) is 23.2 Å². The van der Waals surface area contributed by atoms with Crippen LogP contribution in [0.4, 0.5) is 5.82 Å². The number of aromatic nitrogens is 2. The molecule has 2 aliphatic rings. The van der Waals surface area contributed by atoms with Crippen molar-refractivity contribution in [2.75, 3.05) is 30.7 Å². The molecule has 1 aromatic carbocycles. The number of hydrogen-bond donors (Lipinski definition) is 3. The number of amides is 2. The highest BCUT2D eigenvalue weighted by molar-refractivity contribution is 8.33. The maximum atomic E-state index is 13.5. The second-order valence-electron chi connectivity index (χ2n) is 10.2. The van der Waals surface area contributed by atoms with Crippen molar-refractivity contribution in [3.63, 3.8) is 0 Å².